The molecular formula is C10H9BrN2OS. The molecule has 0 unspecified atom stereocenters. The number of fused-ring (bicyclic) bond motifs is 1. The van der Waals surface area contributed by atoms with Crippen LogP contribution in [0, 0.1) is 0 Å². The molecule has 1 aromatic heterocycles. The third-order valence-corrected chi connectivity index (χ3v) is 3.25. The van der Waals surface area contributed by atoms with E-state index in [-0.39, 0.29) is 4.74 Å². The molecule has 3 nitrogen and oxygen atoms in total. The van der Waals surface area contributed by atoms with Crippen LogP contribution < -0.4 is 10.1 Å². The van der Waals surface area contributed by atoms with Crippen molar-refractivity contribution in [2.45, 2.75) is 6.92 Å². The van der Waals surface area contributed by atoms with Gasteiger partial charge in [-0.2, -0.15) is 0 Å². The van der Waals surface area contributed by atoms with Gasteiger partial charge in [0.05, 0.1) is 10.9 Å². The smallest absolute Gasteiger partial charge is 0.245 e. The molecule has 78 valence electrons. The molecule has 0 aliphatic heterocycles. The highest BCUT2D eigenvalue weighted by Gasteiger charge is 2.03. The van der Waals surface area contributed by atoms with E-state index in [1.54, 1.807) is 6.07 Å². The Balaban J connectivity index is 2.67. The first-order chi connectivity index (χ1) is 7.20. The summed E-state index contributed by atoms with van der Waals surface area (Å²) in [5.74, 6) is 0. The summed E-state index contributed by atoms with van der Waals surface area (Å²) in [6, 6.07) is 5.53. The van der Waals surface area contributed by atoms with Gasteiger partial charge in [0, 0.05) is 11.0 Å². The van der Waals surface area contributed by atoms with Crippen LogP contribution in [-0.4, -0.2) is 11.5 Å². The van der Waals surface area contributed by atoms with E-state index in [1.807, 2.05) is 19.1 Å². The molecule has 0 saturated heterocycles. The van der Waals surface area contributed by atoms with Gasteiger partial charge in [-0.3, -0.25) is 4.79 Å². The molecule has 5 heteroatoms. The van der Waals surface area contributed by atoms with Gasteiger partial charge < -0.3 is 5.32 Å². The van der Waals surface area contributed by atoms with Crippen molar-refractivity contribution < 1.29 is 0 Å². The molecule has 0 fully saturated rings. The number of hydrogen-bond acceptors (Lipinski definition) is 4. The predicted molar refractivity (Wildman–Crippen MR) is 67.8 cm³/mol. The van der Waals surface area contributed by atoms with Gasteiger partial charge in [0.1, 0.15) is 0 Å². The Kier molecular flexibility index (Phi) is 3.02. The molecule has 0 atom stereocenters. The molecule has 2 rings (SSSR count). The average molecular weight is 285 g/mol. The van der Waals surface area contributed by atoms with Gasteiger partial charge in [-0.15, -0.1) is 0 Å². The molecule has 0 aliphatic rings. The lowest BCUT2D eigenvalue weighted by Crippen LogP contribution is -2.03. The zero-order valence-electron chi connectivity index (χ0n) is 8.08. The van der Waals surface area contributed by atoms with E-state index in [2.05, 4.69) is 26.2 Å². The standard InChI is InChI=1S/C10H9BrN2OS/c1-2-12-10-13-8-4-3-6(11)5-7(8)9(14)15-10/h3-5H,2H2,1H3,(H,12,13). The molecule has 0 radical (unpaired) electrons. The minimum atomic E-state index is 0.0391. The molecule has 1 heterocycles. The molecule has 0 amide bonds. The summed E-state index contributed by atoms with van der Waals surface area (Å²) in [5.41, 5.74) is 0.734. The Hall–Kier alpha value is -0.940. The molecule has 1 aromatic carbocycles. The average Bonchev–Trinajstić information content (AvgIpc) is 2.20. The van der Waals surface area contributed by atoms with Crippen molar-refractivity contribution in [3.05, 3.63) is 32.2 Å². The second kappa shape index (κ2) is 4.28. The second-order valence-corrected chi connectivity index (χ2v) is 4.88. The fourth-order valence-electron chi connectivity index (χ4n) is 1.27. The van der Waals surface area contributed by atoms with Crippen LogP contribution in [-0.2, 0) is 0 Å². The maximum Gasteiger partial charge on any atom is 0.245 e. The second-order valence-electron chi connectivity index (χ2n) is 3.00. The molecule has 2 aromatic rings. The van der Waals surface area contributed by atoms with Crippen LogP contribution in [0.25, 0.3) is 10.9 Å². The van der Waals surface area contributed by atoms with Gasteiger partial charge >= 0.3 is 0 Å². The number of benzene rings is 1. The van der Waals surface area contributed by atoms with Gasteiger partial charge in [-0.25, -0.2) is 4.98 Å². The zero-order valence-corrected chi connectivity index (χ0v) is 10.5. The van der Waals surface area contributed by atoms with E-state index in [9.17, 15) is 4.79 Å². The fraction of sp³-hybridized carbons (Fsp3) is 0.200. The highest BCUT2D eigenvalue weighted by molar-refractivity contribution is 9.10. The monoisotopic (exact) mass is 284 g/mol. The third-order valence-electron chi connectivity index (χ3n) is 1.92. The van der Waals surface area contributed by atoms with Crippen molar-refractivity contribution in [3.8, 4) is 0 Å². The number of aromatic nitrogens is 1. The first kappa shape index (κ1) is 10.6. The number of anilines is 1. The summed E-state index contributed by atoms with van der Waals surface area (Å²) < 4.78 is 0.939. The minimum Gasteiger partial charge on any atom is -0.362 e. The molecule has 0 spiro atoms. The summed E-state index contributed by atoms with van der Waals surface area (Å²) in [6.07, 6.45) is 0. The molecule has 0 aliphatic carbocycles. The van der Waals surface area contributed by atoms with Crippen molar-refractivity contribution in [1.82, 2.24) is 4.98 Å². The fourth-order valence-corrected chi connectivity index (χ4v) is 2.44. The Labute approximate surface area is 99.3 Å². The van der Waals surface area contributed by atoms with Crippen molar-refractivity contribution >= 4 is 43.3 Å². The van der Waals surface area contributed by atoms with Crippen molar-refractivity contribution in [2.24, 2.45) is 0 Å². The summed E-state index contributed by atoms with van der Waals surface area (Å²) in [5, 5.41) is 4.39. The predicted octanol–water partition coefficient (Wildman–Crippen LogP) is 2.85. The lowest BCUT2D eigenvalue weighted by Gasteiger charge is -2.02. The normalized spacial score (nSPS) is 10.5. The first-order valence-electron chi connectivity index (χ1n) is 4.55. The van der Waals surface area contributed by atoms with E-state index < -0.39 is 0 Å². The minimum absolute atomic E-state index is 0.0391. The maximum atomic E-state index is 11.7. The number of hydrogen-bond donors (Lipinski definition) is 1. The number of nitrogens with one attached hydrogen (secondary N) is 1. The van der Waals surface area contributed by atoms with Crippen molar-refractivity contribution in [3.63, 3.8) is 0 Å². The topological polar surface area (TPSA) is 42.0 Å². The molecular weight excluding hydrogens is 276 g/mol. The Morgan fingerprint density at radius 1 is 1.53 bits per heavy atom. The summed E-state index contributed by atoms with van der Waals surface area (Å²) >= 11 is 4.48. The van der Waals surface area contributed by atoms with Gasteiger partial charge in [0.2, 0.25) is 4.74 Å². The van der Waals surface area contributed by atoms with Crippen LogP contribution in [0.15, 0.2) is 27.5 Å². The van der Waals surface area contributed by atoms with E-state index in [0.29, 0.717) is 10.5 Å². The summed E-state index contributed by atoms with van der Waals surface area (Å²) in [4.78, 5) is 16.1. The number of nitrogens with zero attached hydrogens (tertiary/aromatic N) is 1. The van der Waals surface area contributed by atoms with E-state index in [0.717, 1.165) is 27.9 Å². The maximum absolute atomic E-state index is 11.7. The summed E-state index contributed by atoms with van der Waals surface area (Å²) in [6.45, 7) is 2.75. The van der Waals surface area contributed by atoms with Gasteiger partial charge in [0.15, 0.2) is 5.13 Å². The first-order valence-corrected chi connectivity index (χ1v) is 6.16. The Morgan fingerprint density at radius 3 is 3.07 bits per heavy atom. The summed E-state index contributed by atoms with van der Waals surface area (Å²) in [7, 11) is 0. The van der Waals surface area contributed by atoms with Crippen molar-refractivity contribution in [2.75, 3.05) is 11.9 Å². The van der Waals surface area contributed by atoms with Crippen LogP contribution in [0.4, 0.5) is 5.13 Å². The molecule has 15 heavy (non-hydrogen) atoms. The quantitative estimate of drug-likeness (QED) is 0.922. The van der Waals surface area contributed by atoms with Crippen LogP contribution in [0.3, 0.4) is 0 Å². The molecule has 1 N–H and O–H groups in total. The highest BCUT2D eigenvalue weighted by atomic mass is 79.9. The third kappa shape index (κ3) is 2.18. The Morgan fingerprint density at radius 2 is 2.33 bits per heavy atom. The van der Waals surface area contributed by atoms with E-state index >= 15 is 0 Å². The van der Waals surface area contributed by atoms with Gasteiger partial charge in [0.25, 0.3) is 0 Å². The van der Waals surface area contributed by atoms with Crippen LogP contribution in [0.2, 0.25) is 0 Å². The SMILES string of the molecule is CCNc1nc2ccc(Br)cc2c(=O)s1. The van der Waals surface area contributed by atoms with E-state index in [4.69, 9.17) is 0 Å². The lowest BCUT2D eigenvalue weighted by atomic mass is 10.2. The van der Waals surface area contributed by atoms with Crippen molar-refractivity contribution in [1.29, 1.82) is 0 Å². The van der Waals surface area contributed by atoms with Crippen LogP contribution in [0.1, 0.15) is 6.92 Å². The number of halogens is 1. The van der Waals surface area contributed by atoms with Gasteiger partial charge in [-0.1, -0.05) is 27.3 Å². The van der Waals surface area contributed by atoms with Crippen LogP contribution >= 0.6 is 27.3 Å². The van der Waals surface area contributed by atoms with Gasteiger partial charge in [-0.05, 0) is 25.1 Å². The number of rotatable bonds is 2. The largest absolute Gasteiger partial charge is 0.362 e. The lowest BCUT2D eigenvalue weighted by molar-refractivity contribution is 1.19. The Bertz CT molecular complexity index is 553. The van der Waals surface area contributed by atoms with E-state index in [1.165, 1.54) is 0 Å². The molecule has 0 bridgehead atoms. The van der Waals surface area contributed by atoms with Crippen LogP contribution in [0.5, 0.6) is 0 Å². The molecule has 0 saturated carbocycles. The highest BCUT2D eigenvalue weighted by Crippen LogP contribution is 2.19. The zero-order chi connectivity index (χ0) is 10.8.